The molecular formula is C37H41NO3S. The monoisotopic (exact) mass is 579 g/mol. The van der Waals surface area contributed by atoms with E-state index in [1.807, 2.05) is 43.8 Å². The van der Waals surface area contributed by atoms with Crippen LogP contribution in [0.15, 0.2) is 72.8 Å². The van der Waals surface area contributed by atoms with Crippen molar-refractivity contribution < 1.29 is 15.0 Å². The predicted molar refractivity (Wildman–Crippen MR) is 176 cm³/mol. The number of thioether (sulfide) groups is 1. The van der Waals surface area contributed by atoms with E-state index >= 15 is 0 Å². The van der Waals surface area contributed by atoms with E-state index in [-0.39, 0.29) is 17.1 Å². The van der Waals surface area contributed by atoms with Crippen molar-refractivity contribution in [3.63, 3.8) is 0 Å². The van der Waals surface area contributed by atoms with Crippen LogP contribution in [0.3, 0.4) is 0 Å². The van der Waals surface area contributed by atoms with Gasteiger partial charge in [-0.15, -0.1) is 0 Å². The van der Waals surface area contributed by atoms with E-state index in [4.69, 9.17) is 4.98 Å². The van der Waals surface area contributed by atoms with Crippen molar-refractivity contribution in [2.75, 3.05) is 5.75 Å². The fourth-order valence-corrected chi connectivity index (χ4v) is 7.23. The SMILES string of the molecule is Cc1cc2ccc(C=Cc3cccc(C(CCc4ccccc4C(C)(C)O)SCC4(CC(=O)O)CC4)c3)nc2cc1C. The lowest BCUT2D eigenvalue weighted by atomic mass is 9.90. The quantitative estimate of drug-likeness (QED) is 0.175. The Balaban J connectivity index is 1.37. The maximum atomic E-state index is 11.5. The third-order valence-electron chi connectivity index (χ3n) is 8.48. The van der Waals surface area contributed by atoms with Crippen LogP contribution in [0.4, 0.5) is 0 Å². The van der Waals surface area contributed by atoms with E-state index in [2.05, 4.69) is 80.6 Å². The van der Waals surface area contributed by atoms with Crippen molar-refractivity contribution in [3.8, 4) is 0 Å². The summed E-state index contributed by atoms with van der Waals surface area (Å²) in [5.74, 6) is 0.139. The molecule has 1 aromatic heterocycles. The molecule has 0 amide bonds. The van der Waals surface area contributed by atoms with E-state index in [0.717, 1.165) is 64.7 Å². The fraction of sp³-hybridized carbons (Fsp3) is 0.351. The number of pyridine rings is 1. The highest BCUT2D eigenvalue weighted by Gasteiger charge is 2.44. The van der Waals surface area contributed by atoms with Crippen LogP contribution in [0.25, 0.3) is 23.1 Å². The third kappa shape index (κ3) is 7.50. The summed E-state index contributed by atoms with van der Waals surface area (Å²) in [6.45, 7) is 7.92. The summed E-state index contributed by atoms with van der Waals surface area (Å²) >= 11 is 1.88. The van der Waals surface area contributed by atoms with Gasteiger partial charge in [-0.1, -0.05) is 60.7 Å². The van der Waals surface area contributed by atoms with Crippen molar-refractivity contribution in [3.05, 3.63) is 112 Å². The molecule has 4 nitrogen and oxygen atoms in total. The average Bonchev–Trinajstić information content (AvgIpc) is 3.71. The van der Waals surface area contributed by atoms with Crippen molar-refractivity contribution >= 4 is 40.8 Å². The predicted octanol–water partition coefficient (Wildman–Crippen LogP) is 8.91. The number of fused-ring (bicyclic) bond motifs is 1. The molecule has 1 heterocycles. The van der Waals surface area contributed by atoms with Gasteiger partial charge in [0.2, 0.25) is 0 Å². The smallest absolute Gasteiger partial charge is 0.303 e. The lowest BCUT2D eigenvalue weighted by Gasteiger charge is -2.24. The molecule has 1 unspecified atom stereocenters. The standard InChI is InChI=1S/C37H41NO3S/c1-25-20-29-13-16-31(38-33(29)21-26(25)2)15-12-27-8-7-10-30(22-27)34(42-24-37(18-19-37)23-35(39)40)17-14-28-9-5-6-11-32(28)36(3,4)41/h5-13,15-16,20-22,34,41H,14,17-19,23-24H2,1-4H3,(H,39,40). The first-order valence-electron chi connectivity index (χ1n) is 14.8. The highest BCUT2D eigenvalue weighted by molar-refractivity contribution is 7.99. The topological polar surface area (TPSA) is 70.4 Å². The van der Waals surface area contributed by atoms with Crippen LogP contribution in [0.1, 0.15) is 83.9 Å². The Hall–Kier alpha value is -3.41. The van der Waals surface area contributed by atoms with Gasteiger partial charge in [-0.05, 0) is 116 Å². The lowest BCUT2D eigenvalue weighted by molar-refractivity contribution is -0.138. The van der Waals surface area contributed by atoms with E-state index in [9.17, 15) is 15.0 Å². The molecule has 1 aliphatic rings. The van der Waals surface area contributed by atoms with Crippen LogP contribution in [-0.2, 0) is 16.8 Å². The molecule has 0 aliphatic heterocycles. The average molecular weight is 580 g/mol. The summed E-state index contributed by atoms with van der Waals surface area (Å²) in [5, 5.41) is 21.6. The number of carboxylic acid groups (broad SMARTS) is 1. The molecule has 0 saturated heterocycles. The Morgan fingerprint density at radius 1 is 1.00 bits per heavy atom. The number of aryl methyl sites for hydroxylation is 3. The van der Waals surface area contributed by atoms with Gasteiger partial charge in [-0.3, -0.25) is 4.79 Å². The number of carboxylic acids is 1. The van der Waals surface area contributed by atoms with Crippen LogP contribution in [0, 0.1) is 19.3 Å². The Kier molecular flexibility index (Phi) is 8.91. The first kappa shape index (κ1) is 30.1. The summed E-state index contributed by atoms with van der Waals surface area (Å²) in [6, 6.07) is 25.3. The molecule has 1 aliphatic carbocycles. The summed E-state index contributed by atoms with van der Waals surface area (Å²) in [5.41, 5.74) is 7.95. The van der Waals surface area contributed by atoms with E-state index < -0.39 is 11.6 Å². The number of carbonyl (C=O) groups is 1. The van der Waals surface area contributed by atoms with Crippen LogP contribution < -0.4 is 0 Å². The van der Waals surface area contributed by atoms with Crippen molar-refractivity contribution in [2.45, 2.75) is 70.7 Å². The summed E-state index contributed by atoms with van der Waals surface area (Å²) in [6.07, 6.45) is 8.15. The fourth-order valence-electron chi connectivity index (χ4n) is 5.66. The van der Waals surface area contributed by atoms with Gasteiger partial charge in [0.05, 0.1) is 23.2 Å². The van der Waals surface area contributed by atoms with Crippen LogP contribution in [0.5, 0.6) is 0 Å². The maximum Gasteiger partial charge on any atom is 0.303 e. The second kappa shape index (κ2) is 12.4. The lowest BCUT2D eigenvalue weighted by Crippen LogP contribution is -2.18. The highest BCUT2D eigenvalue weighted by Crippen LogP contribution is 2.53. The number of aliphatic carboxylic acids is 1. The van der Waals surface area contributed by atoms with Gasteiger partial charge < -0.3 is 10.2 Å². The number of hydrogen-bond acceptors (Lipinski definition) is 4. The molecule has 42 heavy (non-hydrogen) atoms. The van der Waals surface area contributed by atoms with Crippen molar-refractivity contribution in [1.29, 1.82) is 0 Å². The molecule has 218 valence electrons. The van der Waals surface area contributed by atoms with Gasteiger partial charge in [0.1, 0.15) is 0 Å². The van der Waals surface area contributed by atoms with Gasteiger partial charge in [-0.2, -0.15) is 11.8 Å². The molecular weight excluding hydrogens is 538 g/mol. The molecule has 0 spiro atoms. The third-order valence-corrected chi connectivity index (χ3v) is 10.2. The molecule has 1 fully saturated rings. The molecule has 1 saturated carbocycles. The largest absolute Gasteiger partial charge is 0.481 e. The molecule has 3 aromatic carbocycles. The van der Waals surface area contributed by atoms with Crippen LogP contribution >= 0.6 is 11.8 Å². The Bertz CT molecular complexity index is 1610. The zero-order valence-corrected chi connectivity index (χ0v) is 25.9. The number of aliphatic hydroxyl groups is 1. The molecule has 0 radical (unpaired) electrons. The number of nitrogens with zero attached hydrogens (tertiary/aromatic N) is 1. The van der Waals surface area contributed by atoms with Gasteiger partial charge in [0, 0.05) is 16.4 Å². The zero-order chi connectivity index (χ0) is 29.9. The van der Waals surface area contributed by atoms with Crippen LogP contribution in [0.2, 0.25) is 0 Å². The minimum atomic E-state index is -0.905. The summed E-state index contributed by atoms with van der Waals surface area (Å²) in [7, 11) is 0. The second-order valence-corrected chi connectivity index (χ2v) is 13.7. The minimum absolute atomic E-state index is 0.0735. The second-order valence-electron chi connectivity index (χ2n) is 12.5. The molecule has 4 aromatic rings. The van der Waals surface area contributed by atoms with Gasteiger partial charge >= 0.3 is 5.97 Å². The Morgan fingerprint density at radius 2 is 1.76 bits per heavy atom. The number of hydrogen-bond donors (Lipinski definition) is 2. The normalized spacial score (nSPS) is 15.3. The van der Waals surface area contributed by atoms with E-state index in [0.29, 0.717) is 0 Å². The summed E-state index contributed by atoms with van der Waals surface area (Å²) in [4.78, 5) is 16.4. The molecule has 2 N–H and O–H groups in total. The van der Waals surface area contributed by atoms with Crippen LogP contribution in [-0.4, -0.2) is 26.9 Å². The first-order valence-corrected chi connectivity index (χ1v) is 15.9. The van der Waals surface area contributed by atoms with Crippen molar-refractivity contribution in [1.82, 2.24) is 4.98 Å². The van der Waals surface area contributed by atoms with Crippen molar-refractivity contribution in [2.24, 2.45) is 5.41 Å². The minimum Gasteiger partial charge on any atom is -0.481 e. The Morgan fingerprint density at radius 3 is 2.50 bits per heavy atom. The van der Waals surface area contributed by atoms with E-state index in [1.54, 1.807) is 0 Å². The highest BCUT2D eigenvalue weighted by atomic mass is 32.2. The zero-order valence-electron chi connectivity index (χ0n) is 25.1. The molecule has 5 heteroatoms. The number of benzene rings is 3. The number of aromatic nitrogens is 1. The molecule has 1 atom stereocenters. The molecule has 5 rings (SSSR count). The maximum absolute atomic E-state index is 11.5. The van der Waals surface area contributed by atoms with Gasteiger partial charge in [0.15, 0.2) is 0 Å². The number of rotatable bonds is 12. The summed E-state index contributed by atoms with van der Waals surface area (Å²) < 4.78 is 0. The molecule has 0 bridgehead atoms. The first-order chi connectivity index (χ1) is 20.0. The Labute approximate surface area is 253 Å². The van der Waals surface area contributed by atoms with E-state index in [1.165, 1.54) is 16.7 Å². The van der Waals surface area contributed by atoms with Gasteiger partial charge in [-0.25, -0.2) is 4.98 Å². The van der Waals surface area contributed by atoms with Gasteiger partial charge in [0.25, 0.3) is 0 Å².